The van der Waals surface area contributed by atoms with E-state index in [4.69, 9.17) is 9.72 Å². The molecule has 0 aliphatic carbocycles. The molecule has 3 nitrogen and oxygen atoms in total. The van der Waals surface area contributed by atoms with Gasteiger partial charge >= 0.3 is 0 Å². The molecule has 1 rings (SSSR count). The highest BCUT2D eigenvalue weighted by atomic mass is 32.1. The lowest BCUT2D eigenvalue weighted by Crippen LogP contribution is -2.22. The van der Waals surface area contributed by atoms with Crippen molar-refractivity contribution in [3.05, 3.63) is 15.6 Å². The fourth-order valence-electron chi connectivity index (χ4n) is 1.75. The minimum atomic E-state index is 0.102. The lowest BCUT2D eigenvalue weighted by atomic mass is 10.1. The van der Waals surface area contributed by atoms with Gasteiger partial charge in [0.1, 0.15) is 11.1 Å². The summed E-state index contributed by atoms with van der Waals surface area (Å²) in [7, 11) is 0. The van der Waals surface area contributed by atoms with Crippen molar-refractivity contribution in [2.75, 3.05) is 6.61 Å². The third-order valence-corrected chi connectivity index (χ3v) is 3.96. The molecule has 0 amide bonds. The molecule has 1 aromatic rings. The van der Waals surface area contributed by atoms with Gasteiger partial charge in [0, 0.05) is 24.1 Å². The Balaban J connectivity index is 2.86. The van der Waals surface area contributed by atoms with E-state index >= 15 is 0 Å². The van der Waals surface area contributed by atoms with Crippen LogP contribution in [-0.4, -0.2) is 17.6 Å². The third-order valence-electron chi connectivity index (χ3n) is 2.73. The first-order valence-electron chi connectivity index (χ1n) is 6.80. The maximum atomic E-state index is 5.63. The SMILES string of the molecule is CCOC(C)c1nc(C(C)C)c(CNC(C)C)s1. The Labute approximate surface area is 115 Å². The predicted molar refractivity (Wildman–Crippen MR) is 78.2 cm³/mol. The molecular formula is C14H26N2OS. The highest BCUT2D eigenvalue weighted by Crippen LogP contribution is 2.30. The largest absolute Gasteiger partial charge is 0.372 e. The second kappa shape index (κ2) is 7.22. The van der Waals surface area contributed by atoms with Crippen molar-refractivity contribution in [3.63, 3.8) is 0 Å². The molecule has 0 bridgehead atoms. The first-order valence-corrected chi connectivity index (χ1v) is 7.61. The minimum absolute atomic E-state index is 0.102. The summed E-state index contributed by atoms with van der Waals surface area (Å²) in [6.45, 7) is 14.5. The molecule has 0 fully saturated rings. The van der Waals surface area contributed by atoms with E-state index in [1.165, 1.54) is 10.6 Å². The third kappa shape index (κ3) is 4.34. The summed E-state index contributed by atoms with van der Waals surface area (Å²) in [6.07, 6.45) is 0.102. The first kappa shape index (κ1) is 15.6. The molecule has 0 spiro atoms. The van der Waals surface area contributed by atoms with Crippen molar-refractivity contribution in [3.8, 4) is 0 Å². The zero-order chi connectivity index (χ0) is 13.7. The lowest BCUT2D eigenvalue weighted by molar-refractivity contribution is 0.0761. The average Bonchev–Trinajstić information content (AvgIpc) is 2.70. The molecule has 0 radical (unpaired) electrons. The zero-order valence-corrected chi connectivity index (χ0v) is 13.2. The number of hydrogen-bond donors (Lipinski definition) is 1. The Morgan fingerprint density at radius 2 is 1.89 bits per heavy atom. The molecule has 1 N–H and O–H groups in total. The Bertz CT molecular complexity index is 361. The van der Waals surface area contributed by atoms with Crippen LogP contribution >= 0.6 is 11.3 Å². The van der Waals surface area contributed by atoms with E-state index in [1.54, 1.807) is 11.3 Å². The van der Waals surface area contributed by atoms with Gasteiger partial charge in [-0.1, -0.05) is 27.7 Å². The second-order valence-corrected chi connectivity index (χ2v) is 6.26. The Kier molecular flexibility index (Phi) is 6.26. The van der Waals surface area contributed by atoms with Crippen LogP contribution in [0.4, 0.5) is 0 Å². The topological polar surface area (TPSA) is 34.1 Å². The van der Waals surface area contributed by atoms with Crippen molar-refractivity contribution < 1.29 is 4.74 Å². The molecule has 1 unspecified atom stereocenters. The molecule has 0 saturated heterocycles. The van der Waals surface area contributed by atoms with Gasteiger partial charge in [-0.2, -0.15) is 0 Å². The molecular weight excluding hydrogens is 244 g/mol. The maximum Gasteiger partial charge on any atom is 0.122 e. The van der Waals surface area contributed by atoms with Crippen LogP contribution in [0.2, 0.25) is 0 Å². The van der Waals surface area contributed by atoms with Gasteiger partial charge in [-0.15, -0.1) is 11.3 Å². The van der Waals surface area contributed by atoms with E-state index in [2.05, 4.69) is 39.9 Å². The Morgan fingerprint density at radius 1 is 1.22 bits per heavy atom. The van der Waals surface area contributed by atoms with Crippen molar-refractivity contribution in [1.29, 1.82) is 0 Å². The molecule has 0 aliphatic rings. The van der Waals surface area contributed by atoms with Crippen LogP contribution in [0.25, 0.3) is 0 Å². The molecule has 0 aliphatic heterocycles. The van der Waals surface area contributed by atoms with Gasteiger partial charge in [0.25, 0.3) is 0 Å². The highest BCUT2D eigenvalue weighted by Gasteiger charge is 2.18. The maximum absolute atomic E-state index is 5.63. The summed E-state index contributed by atoms with van der Waals surface area (Å²) >= 11 is 1.78. The molecule has 1 aromatic heterocycles. The van der Waals surface area contributed by atoms with Crippen molar-refractivity contribution in [1.82, 2.24) is 10.3 Å². The monoisotopic (exact) mass is 270 g/mol. The Hall–Kier alpha value is -0.450. The number of hydrogen-bond acceptors (Lipinski definition) is 4. The summed E-state index contributed by atoms with van der Waals surface area (Å²) in [6, 6.07) is 0.500. The molecule has 0 saturated carbocycles. The molecule has 0 aromatic carbocycles. The average molecular weight is 270 g/mol. The van der Waals surface area contributed by atoms with E-state index in [1.807, 2.05) is 6.92 Å². The van der Waals surface area contributed by atoms with E-state index in [-0.39, 0.29) is 6.10 Å². The van der Waals surface area contributed by atoms with Crippen LogP contribution in [0.5, 0.6) is 0 Å². The van der Waals surface area contributed by atoms with Crippen LogP contribution in [0, 0.1) is 0 Å². The normalized spacial score (nSPS) is 13.6. The number of rotatable bonds is 7. The number of thiazole rings is 1. The van der Waals surface area contributed by atoms with Crippen molar-refractivity contribution >= 4 is 11.3 Å². The number of nitrogens with one attached hydrogen (secondary N) is 1. The van der Waals surface area contributed by atoms with Gasteiger partial charge in [0.15, 0.2) is 0 Å². The number of ether oxygens (including phenoxy) is 1. The van der Waals surface area contributed by atoms with Crippen molar-refractivity contribution in [2.24, 2.45) is 0 Å². The fourth-order valence-corrected chi connectivity index (χ4v) is 2.92. The Morgan fingerprint density at radius 3 is 2.39 bits per heavy atom. The predicted octanol–water partition coefficient (Wildman–Crippen LogP) is 3.86. The van der Waals surface area contributed by atoms with Gasteiger partial charge in [0.2, 0.25) is 0 Å². The molecule has 4 heteroatoms. The molecule has 1 atom stereocenters. The lowest BCUT2D eigenvalue weighted by Gasteiger charge is -2.09. The van der Waals surface area contributed by atoms with Crippen molar-refractivity contribution in [2.45, 2.75) is 66.2 Å². The van der Waals surface area contributed by atoms with Crippen LogP contribution < -0.4 is 5.32 Å². The molecule has 1 heterocycles. The van der Waals surface area contributed by atoms with Crippen LogP contribution in [0.1, 0.15) is 69.1 Å². The standard InChI is InChI=1S/C14H26N2OS/c1-7-17-11(6)14-16-13(9(2)3)12(18-14)8-15-10(4)5/h9-11,15H,7-8H2,1-6H3. The number of aromatic nitrogens is 1. The molecule has 104 valence electrons. The van der Waals surface area contributed by atoms with Gasteiger partial charge < -0.3 is 10.1 Å². The summed E-state index contributed by atoms with van der Waals surface area (Å²) < 4.78 is 5.63. The van der Waals surface area contributed by atoms with Gasteiger partial charge in [-0.05, 0) is 19.8 Å². The van der Waals surface area contributed by atoms with E-state index < -0.39 is 0 Å². The minimum Gasteiger partial charge on any atom is -0.372 e. The first-order chi connectivity index (χ1) is 8.45. The highest BCUT2D eigenvalue weighted by molar-refractivity contribution is 7.11. The second-order valence-electron chi connectivity index (χ2n) is 5.15. The zero-order valence-electron chi connectivity index (χ0n) is 12.4. The van der Waals surface area contributed by atoms with E-state index in [9.17, 15) is 0 Å². The number of nitrogens with zero attached hydrogens (tertiary/aromatic N) is 1. The summed E-state index contributed by atoms with van der Waals surface area (Å²) in [5.41, 5.74) is 1.22. The summed E-state index contributed by atoms with van der Waals surface area (Å²) in [5.74, 6) is 0.466. The van der Waals surface area contributed by atoms with E-state index in [0.29, 0.717) is 12.0 Å². The summed E-state index contributed by atoms with van der Waals surface area (Å²) in [4.78, 5) is 6.11. The van der Waals surface area contributed by atoms with Gasteiger partial charge in [0.05, 0.1) is 5.69 Å². The molecule has 18 heavy (non-hydrogen) atoms. The fraction of sp³-hybridized carbons (Fsp3) is 0.786. The smallest absolute Gasteiger partial charge is 0.122 e. The van der Waals surface area contributed by atoms with E-state index in [0.717, 1.165) is 18.2 Å². The van der Waals surface area contributed by atoms with Crippen LogP contribution in [0.3, 0.4) is 0 Å². The van der Waals surface area contributed by atoms with Gasteiger partial charge in [-0.25, -0.2) is 4.98 Å². The van der Waals surface area contributed by atoms with Crippen LogP contribution in [0.15, 0.2) is 0 Å². The summed E-state index contributed by atoms with van der Waals surface area (Å²) in [5, 5.41) is 4.57. The quantitative estimate of drug-likeness (QED) is 0.817. The van der Waals surface area contributed by atoms with Crippen LogP contribution in [-0.2, 0) is 11.3 Å². The van der Waals surface area contributed by atoms with Gasteiger partial charge in [-0.3, -0.25) is 0 Å².